The molecule has 2 aromatic heterocycles. The van der Waals surface area contributed by atoms with Crippen molar-refractivity contribution in [3.8, 4) is 0 Å². The Morgan fingerprint density at radius 1 is 1.26 bits per heavy atom. The van der Waals surface area contributed by atoms with Gasteiger partial charge >= 0.3 is 0 Å². The summed E-state index contributed by atoms with van der Waals surface area (Å²) in [6.07, 6.45) is 1.38. The van der Waals surface area contributed by atoms with Gasteiger partial charge in [0.15, 0.2) is 0 Å². The maximum absolute atomic E-state index is 12.8. The van der Waals surface area contributed by atoms with Crippen LogP contribution in [0.25, 0.3) is 0 Å². The fraction of sp³-hybridized carbons (Fsp3) is 0.467. The van der Waals surface area contributed by atoms with E-state index in [9.17, 15) is 8.42 Å². The van der Waals surface area contributed by atoms with Gasteiger partial charge in [0.1, 0.15) is 5.75 Å². The second-order valence-corrected chi connectivity index (χ2v) is 8.64. The van der Waals surface area contributed by atoms with Gasteiger partial charge in [0.2, 0.25) is 15.0 Å². The summed E-state index contributed by atoms with van der Waals surface area (Å²) in [4.78, 5) is 8.28. The van der Waals surface area contributed by atoms with E-state index < -0.39 is 9.84 Å². The van der Waals surface area contributed by atoms with Crippen LogP contribution in [0.2, 0.25) is 10.0 Å². The van der Waals surface area contributed by atoms with Crippen LogP contribution >= 0.6 is 23.2 Å². The van der Waals surface area contributed by atoms with Crippen molar-refractivity contribution in [3.63, 3.8) is 0 Å². The van der Waals surface area contributed by atoms with Gasteiger partial charge in [-0.25, -0.2) is 13.4 Å². The highest BCUT2D eigenvalue weighted by atomic mass is 35.5. The summed E-state index contributed by atoms with van der Waals surface area (Å²) in [6.45, 7) is 8.32. The third-order valence-electron chi connectivity index (χ3n) is 3.46. The van der Waals surface area contributed by atoms with Gasteiger partial charge in [-0.15, -0.1) is 0 Å². The van der Waals surface area contributed by atoms with Crippen LogP contribution in [-0.4, -0.2) is 23.0 Å². The zero-order valence-corrected chi connectivity index (χ0v) is 15.8. The van der Waals surface area contributed by atoms with Crippen LogP contribution in [-0.2, 0) is 22.1 Å². The molecular formula is C15H19Cl2N3O2S. The van der Waals surface area contributed by atoms with Crippen LogP contribution in [0.15, 0.2) is 17.4 Å². The minimum Gasteiger partial charge on any atom is -0.319 e. The summed E-state index contributed by atoms with van der Waals surface area (Å²) in [5.74, 6) is -0.00901. The summed E-state index contributed by atoms with van der Waals surface area (Å²) < 4.78 is 27.3. The van der Waals surface area contributed by atoms with Crippen molar-refractivity contribution in [1.29, 1.82) is 0 Å². The Kier molecular flexibility index (Phi) is 5.38. The van der Waals surface area contributed by atoms with Gasteiger partial charge in [0, 0.05) is 18.4 Å². The molecule has 126 valence electrons. The Labute approximate surface area is 146 Å². The van der Waals surface area contributed by atoms with Gasteiger partial charge in [-0.3, -0.25) is 4.98 Å². The van der Waals surface area contributed by atoms with E-state index in [1.54, 1.807) is 11.5 Å². The fourth-order valence-corrected chi connectivity index (χ4v) is 4.30. The highest BCUT2D eigenvalue weighted by Gasteiger charge is 2.26. The van der Waals surface area contributed by atoms with Gasteiger partial charge in [-0.1, -0.05) is 37.0 Å². The fourth-order valence-electron chi connectivity index (χ4n) is 2.23. The molecule has 0 aliphatic rings. The summed E-state index contributed by atoms with van der Waals surface area (Å²) in [5.41, 5.74) is 1.83. The lowest BCUT2D eigenvalue weighted by Gasteiger charge is -2.13. The summed E-state index contributed by atoms with van der Waals surface area (Å²) in [5, 5.41) is 0.662. The first kappa shape index (κ1) is 18.2. The molecule has 0 amide bonds. The van der Waals surface area contributed by atoms with Crippen LogP contribution in [0.3, 0.4) is 0 Å². The lowest BCUT2D eigenvalue weighted by molar-refractivity contribution is 0.475. The monoisotopic (exact) mass is 375 g/mol. The zero-order chi connectivity index (χ0) is 17.4. The van der Waals surface area contributed by atoms with E-state index in [1.807, 2.05) is 20.8 Å². The first-order valence-corrected chi connectivity index (χ1v) is 9.59. The Morgan fingerprint density at radius 3 is 2.48 bits per heavy atom. The third kappa shape index (κ3) is 4.05. The number of hydrogen-bond donors (Lipinski definition) is 0. The number of aromatic nitrogens is 3. The summed E-state index contributed by atoms with van der Waals surface area (Å²) >= 11 is 11.8. The van der Waals surface area contributed by atoms with Crippen molar-refractivity contribution in [1.82, 2.24) is 14.5 Å². The largest absolute Gasteiger partial charge is 0.319 e. The number of rotatable bonds is 5. The van der Waals surface area contributed by atoms with E-state index in [0.717, 1.165) is 5.69 Å². The lowest BCUT2D eigenvalue weighted by Crippen LogP contribution is -2.17. The van der Waals surface area contributed by atoms with Crippen LogP contribution in [0.4, 0.5) is 0 Å². The molecule has 0 aliphatic heterocycles. The van der Waals surface area contributed by atoms with Gasteiger partial charge in [-0.05, 0) is 25.8 Å². The quantitative estimate of drug-likeness (QED) is 0.796. The molecule has 23 heavy (non-hydrogen) atoms. The number of imidazole rings is 1. The molecule has 0 spiro atoms. The summed E-state index contributed by atoms with van der Waals surface area (Å²) in [6, 6.07) is 1.48. The number of halogens is 2. The molecule has 0 saturated heterocycles. The van der Waals surface area contributed by atoms with E-state index in [0.29, 0.717) is 23.2 Å². The van der Waals surface area contributed by atoms with Gasteiger partial charge < -0.3 is 4.57 Å². The maximum Gasteiger partial charge on any atom is 0.228 e. The Balaban J connectivity index is 2.45. The number of nitrogens with zero attached hydrogens (tertiary/aromatic N) is 3. The molecule has 0 radical (unpaired) electrons. The summed E-state index contributed by atoms with van der Waals surface area (Å²) in [7, 11) is -3.66. The molecule has 8 heteroatoms. The predicted molar refractivity (Wildman–Crippen MR) is 91.7 cm³/mol. The van der Waals surface area contributed by atoms with E-state index in [-0.39, 0.29) is 21.6 Å². The van der Waals surface area contributed by atoms with Gasteiger partial charge in [-0.2, -0.15) is 0 Å². The van der Waals surface area contributed by atoms with Crippen LogP contribution in [0, 0.1) is 19.8 Å². The van der Waals surface area contributed by atoms with Crippen molar-refractivity contribution >= 4 is 33.0 Å². The van der Waals surface area contributed by atoms with Crippen molar-refractivity contribution in [3.05, 3.63) is 39.4 Å². The van der Waals surface area contributed by atoms with Crippen molar-refractivity contribution in [2.45, 2.75) is 45.1 Å². The second-order valence-electron chi connectivity index (χ2n) is 5.91. The van der Waals surface area contributed by atoms with E-state index >= 15 is 0 Å². The number of sulfone groups is 1. The molecule has 0 unspecified atom stereocenters. The van der Waals surface area contributed by atoms with Crippen LogP contribution in [0.5, 0.6) is 0 Å². The molecular weight excluding hydrogens is 357 g/mol. The smallest absolute Gasteiger partial charge is 0.228 e. The topological polar surface area (TPSA) is 64.8 Å². The van der Waals surface area contributed by atoms with Gasteiger partial charge in [0.25, 0.3) is 0 Å². The van der Waals surface area contributed by atoms with Gasteiger partial charge in [0.05, 0.1) is 21.4 Å². The minimum absolute atomic E-state index is 0.0639. The molecule has 0 bridgehead atoms. The normalized spacial score (nSPS) is 12.1. The van der Waals surface area contributed by atoms with Crippen molar-refractivity contribution in [2.75, 3.05) is 0 Å². The average molecular weight is 376 g/mol. The number of hydrogen-bond acceptors (Lipinski definition) is 4. The zero-order valence-electron chi connectivity index (χ0n) is 13.5. The first-order valence-electron chi connectivity index (χ1n) is 7.18. The molecule has 0 aromatic carbocycles. The highest BCUT2D eigenvalue weighted by molar-refractivity contribution is 7.90. The van der Waals surface area contributed by atoms with E-state index in [1.165, 1.54) is 12.3 Å². The lowest BCUT2D eigenvalue weighted by atomic mass is 10.2. The van der Waals surface area contributed by atoms with Crippen molar-refractivity contribution < 1.29 is 8.42 Å². The third-order valence-corrected chi connectivity index (χ3v) is 5.51. The second kappa shape index (κ2) is 6.79. The number of pyridine rings is 1. The maximum atomic E-state index is 12.8. The van der Waals surface area contributed by atoms with Crippen LogP contribution in [0.1, 0.15) is 30.9 Å². The molecule has 0 saturated carbocycles. The molecule has 0 fully saturated rings. The Hall–Kier alpha value is -1.11. The standard InChI is InChI=1S/C15H19Cl2N3O2S/c1-9(2)7-20-11(4)10(3)19-15(20)23(21,22)8-14-13(17)5-12(16)6-18-14/h5-6,9H,7-8H2,1-4H3. The van der Waals surface area contributed by atoms with E-state index in [2.05, 4.69) is 9.97 Å². The minimum atomic E-state index is -3.66. The highest BCUT2D eigenvalue weighted by Crippen LogP contribution is 2.24. The molecule has 2 rings (SSSR count). The molecule has 0 N–H and O–H groups in total. The molecule has 2 heterocycles. The Morgan fingerprint density at radius 2 is 1.91 bits per heavy atom. The molecule has 5 nitrogen and oxygen atoms in total. The van der Waals surface area contributed by atoms with Crippen LogP contribution < -0.4 is 0 Å². The average Bonchev–Trinajstić information content (AvgIpc) is 2.70. The molecule has 0 atom stereocenters. The Bertz CT molecular complexity index is 829. The molecule has 0 aliphatic carbocycles. The van der Waals surface area contributed by atoms with Crippen molar-refractivity contribution in [2.24, 2.45) is 5.92 Å². The molecule has 2 aromatic rings. The van der Waals surface area contributed by atoms with E-state index in [4.69, 9.17) is 23.2 Å². The predicted octanol–water partition coefficient (Wildman–Crippen LogP) is 3.83. The number of aryl methyl sites for hydroxylation is 1. The SMILES string of the molecule is Cc1nc(S(=O)(=O)Cc2ncc(Cl)cc2Cl)n(CC(C)C)c1C. The first-order chi connectivity index (χ1) is 10.6.